The average Bonchev–Trinajstić information content (AvgIpc) is 3.11. The lowest BCUT2D eigenvalue weighted by atomic mass is 10.0. The van der Waals surface area contributed by atoms with E-state index < -0.39 is 0 Å². The molecule has 2 aromatic rings. The lowest BCUT2D eigenvalue weighted by molar-refractivity contribution is 0.0783. The van der Waals surface area contributed by atoms with Crippen LogP contribution in [0, 0.1) is 11.8 Å². The van der Waals surface area contributed by atoms with E-state index in [4.69, 9.17) is 0 Å². The Morgan fingerprint density at radius 1 is 1.26 bits per heavy atom. The third-order valence-electron chi connectivity index (χ3n) is 4.23. The zero-order valence-corrected chi connectivity index (χ0v) is 10.5. The van der Waals surface area contributed by atoms with Gasteiger partial charge in [-0.3, -0.25) is 9.78 Å². The minimum absolute atomic E-state index is 0.0809. The molecule has 4 rings (SSSR count). The number of nitrogens with zero attached hydrogens (tertiary/aromatic N) is 4. The Labute approximate surface area is 110 Å². The van der Waals surface area contributed by atoms with Crippen molar-refractivity contribution in [2.45, 2.75) is 0 Å². The van der Waals surface area contributed by atoms with Crippen molar-refractivity contribution in [3.8, 4) is 0 Å². The molecule has 19 heavy (non-hydrogen) atoms. The minimum atomic E-state index is 0.0809. The molecular weight excluding hydrogens is 242 g/mol. The van der Waals surface area contributed by atoms with Gasteiger partial charge in [-0.25, -0.2) is 4.52 Å². The highest BCUT2D eigenvalue weighted by molar-refractivity contribution is 6.00. The normalized spacial score (nSPS) is 26.0. The van der Waals surface area contributed by atoms with Crippen molar-refractivity contribution in [3.63, 3.8) is 0 Å². The SMILES string of the molecule is O=C(c1cnn2ccncc12)N1CC2CNCC2C1. The zero-order chi connectivity index (χ0) is 12.8. The number of hydrogen-bond acceptors (Lipinski definition) is 4. The summed E-state index contributed by atoms with van der Waals surface area (Å²) in [6.07, 6.45) is 6.76. The van der Waals surface area contributed by atoms with Gasteiger partial charge in [-0.15, -0.1) is 0 Å². The standard InChI is InChI=1S/C13H15N5O/c19-13(17-7-9-3-15-4-10(9)8-17)11-5-16-18-2-1-14-6-12(11)18/h1-2,5-6,9-10,15H,3-4,7-8H2. The van der Waals surface area contributed by atoms with Crippen LogP contribution in [0.2, 0.25) is 0 Å². The van der Waals surface area contributed by atoms with Gasteiger partial charge in [0.1, 0.15) is 0 Å². The number of hydrogen-bond donors (Lipinski definition) is 1. The largest absolute Gasteiger partial charge is 0.338 e. The van der Waals surface area contributed by atoms with Crippen molar-refractivity contribution >= 4 is 11.4 Å². The van der Waals surface area contributed by atoms with E-state index in [1.54, 1.807) is 29.3 Å². The van der Waals surface area contributed by atoms with Crippen LogP contribution in [0.3, 0.4) is 0 Å². The summed E-state index contributed by atoms with van der Waals surface area (Å²) in [7, 11) is 0. The van der Waals surface area contributed by atoms with Crippen LogP contribution < -0.4 is 5.32 Å². The first-order valence-electron chi connectivity index (χ1n) is 6.60. The first-order valence-corrected chi connectivity index (χ1v) is 6.60. The van der Waals surface area contributed by atoms with Gasteiger partial charge in [0.05, 0.1) is 23.5 Å². The summed E-state index contributed by atoms with van der Waals surface area (Å²) in [5, 5.41) is 7.58. The van der Waals surface area contributed by atoms with Crippen LogP contribution in [-0.2, 0) is 0 Å². The van der Waals surface area contributed by atoms with Crippen LogP contribution in [0.25, 0.3) is 5.52 Å². The Morgan fingerprint density at radius 3 is 2.84 bits per heavy atom. The Hall–Kier alpha value is -1.95. The fourth-order valence-electron chi connectivity index (χ4n) is 3.19. The molecule has 2 saturated heterocycles. The van der Waals surface area contributed by atoms with Crippen molar-refractivity contribution in [1.82, 2.24) is 24.8 Å². The fraction of sp³-hybridized carbons (Fsp3) is 0.462. The van der Waals surface area contributed by atoms with E-state index in [0.717, 1.165) is 31.7 Å². The van der Waals surface area contributed by atoms with E-state index in [-0.39, 0.29) is 5.91 Å². The van der Waals surface area contributed by atoms with Crippen LogP contribution in [-0.4, -0.2) is 51.6 Å². The van der Waals surface area contributed by atoms with Crippen LogP contribution >= 0.6 is 0 Å². The number of fused-ring (bicyclic) bond motifs is 2. The van der Waals surface area contributed by atoms with E-state index in [1.165, 1.54) is 0 Å². The number of aromatic nitrogens is 3. The van der Waals surface area contributed by atoms with Gasteiger partial charge in [0.15, 0.2) is 0 Å². The molecule has 6 nitrogen and oxygen atoms in total. The summed E-state index contributed by atoms with van der Waals surface area (Å²) in [6, 6.07) is 0. The maximum atomic E-state index is 12.6. The lowest BCUT2D eigenvalue weighted by Crippen LogP contribution is -2.31. The Bertz CT molecular complexity index is 625. The van der Waals surface area contributed by atoms with Gasteiger partial charge in [-0.2, -0.15) is 5.10 Å². The summed E-state index contributed by atoms with van der Waals surface area (Å²) < 4.78 is 1.69. The average molecular weight is 257 g/mol. The molecule has 2 fully saturated rings. The van der Waals surface area contributed by atoms with Gasteiger partial charge >= 0.3 is 0 Å². The van der Waals surface area contributed by atoms with Gasteiger partial charge in [-0.05, 0) is 11.8 Å². The van der Waals surface area contributed by atoms with Crippen molar-refractivity contribution in [3.05, 3.63) is 30.4 Å². The molecule has 2 aromatic heterocycles. The summed E-state index contributed by atoms with van der Waals surface area (Å²) in [4.78, 5) is 18.6. The molecule has 2 aliphatic heterocycles. The third kappa shape index (κ3) is 1.63. The predicted molar refractivity (Wildman–Crippen MR) is 68.7 cm³/mol. The van der Waals surface area contributed by atoms with E-state index >= 15 is 0 Å². The van der Waals surface area contributed by atoms with E-state index in [0.29, 0.717) is 17.4 Å². The molecule has 0 radical (unpaired) electrons. The maximum absolute atomic E-state index is 12.6. The highest BCUT2D eigenvalue weighted by Crippen LogP contribution is 2.27. The first-order chi connectivity index (χ1) is 9.33. The van der Waals surface area contributed by atoms with Crippen molar-refractivity contribution < 1.29 is 4.79 Å². The number of carbonyl (C=O) groups is 1. The molecule has 0 spiro atoms. The van der Waals surface area contributed by atoms with Crippen molar-refractivity contribution in [2.24, 2.45) is 11.8 Å². The fourth-order valence-corrected chi connectivity index (χ4v) is 3.19. The summed E-state index contributed by atoms with van der Waals surface area (Å²) in [6.45, 7) is 3.78. The van der Waals surface area contributed by atoms with Crippen LogP contribution in [0.4, 0.5) is 0 Å². The molecule has 98 valence electrons. The van der Waals surface area contributed by atoms with Crippen LogP contribution in [0.15, 0.2) is 24.8 Å². The second-order valence-corrected chi connectivity index (χ2v) is 5.35. The van der Waals surface area contributed by atoms with E-state index in [9.17, 15) is 4.79 Å². The molecule has 0 bridgehead atoms. The van der Waals surface area contributed by atoms with Gasteiger partial charge < -0.3 is 10.2 Å². The van der Waals surface area contributed by atoms with Crippen LogP contribution in [0.5, 0.6) is 0 Å². The summed E-state index contributed by atoms with van der Waals surface area (Å²) in [5.74, 6) is 1.31. The molecular formula is C13H15N5O. The minimum Gasteiger partial charge on any atom is -0.338 e. The van der Waals surface area contributed by atoms with Gasteiger partial charge in [0, 0.05) is 38.6 Å². The van der Waals surface area contributed by atoms with E-state index in [1.807, 2.05) is 4.90 Å². The third-order valence-corrected chi connectivity index (χ3v) is 4.23. The number of amides is 1. The monoisotopic (exact) mass is 257 g/mol. The topological polar surface area (TPSA) is 62.5 Å². The lowest BCUT2D eigenvalue weighted by Gasteiger charge is -2.16. The van der Waals surface area contributed by atoms with Gasteiger partial charge in [-0.1, -0.05) is 0 Å². The Balaban J connectivity index is 1.64. The quantitative estimate of drug-likeness (QED) is 0.782. The number of nitrogens with one attached hydrogen (secondary N) is 1. The number of likely N-dealkylation sites (tertiary alicyclic amines) is 1. The molecule has 1 N–H and O–H groups in total. The molecule has 2 unspecified atom stereocenters. The highest BCUT2D eigenvalue weighted by Gasteiger charge is 2.38. The number of rotatable bonds is 1. The van der Waals surface area contributed by atoms with Gasteiger partial charge in [0.2, 0.25) is 0 Å². The molecule has 6 heteroatoms. The molecule has 2 aliphatic rings. The Kier molecular flexibility index (Phi) is 2.32. The second-order valence-electron chi connectivity index (χ2n) is 5.35. The van der Waals surface area contributed by atoms with Crippen molar-refractivity contribution in [2.75, 3.05) is 26.2 Å². The number of carbonyl (C=O) groups excluding carboxylic acids is 1. The highest BCUT2D eigenvalue weighted by atomic mass is 16.2. The molecule has 2 atom stereocenters. The first kappa shape index (κ1) is 10.9. The second kappa shape index (κ2) is 4.03. The smallest absolute Gasteiger partial charge is 0.257 e. The van der Waals surface area contributed by atoms with Crippen LogP contribution in [0.1, 0.15) is 10.4 Å². The van der Waals surface area contributed by atoms with Gasteiger partial charge in [0.25, 0.3) is 5.91 Å². The summed E-state index contributed by atoms with van der Waals surface area (Å²) in [5.41, 5.74) is 1.43. The summed E-state index contributed by atoms with van der Waals surface area (Å²) >= 11 is 0. The Morgan fingerprint density at radius 2 is 2.05 bits per heavy atom. The molecule has 0 aliphatic carbocycles. The predicted octanol–water partition coefficient (Wildman–Crippen LogP) is 0.0207. The van der Waals surface area contributed by atoms with E-state index in [2.05, 4.69) is 15.4 Å². The molecule has 0 aromatic carbocycles. The molecule has 4 heterocycles. The zero-order valence-electron chi connectivity index (χ0n) is 10.5. The molecule has 0 saturated carbocycles. The maximum Gasteiger partial charge on any atom is 0.257 e. The molecule has 1 amide bonds. The van der Waals surface area contributed by atoms with Crippen molar-refractivity contribution in [1.29, 1.82) is 0 Å².